The van der Waals surface area contributed by atoms with Gasteiger partial charge in [0.05, 0.1) is 92.5 Å². The lowest BCUT2D eigenvalue weighted by Gasteiger charge is -2.08. The summed E-state index contributed by atoms with van der Waals surface area (Å²) in [7, 11) is 0. The first kappa shape index (κ1) is 41.7. The van der Waals surface area contributed by atoms with Gasteiger partial charge >= 0.3 is 0 Å². The first-order chi connectivity index (χ1) is 20.9. The molecule has 0 bridgehead atoms. The minimum absolute atomic E-state index is 0.553. The zero-order valence-corrected chi connectivity index (χ0v) is 27.9. The smallest absolute Gasteiger partial charge is 0.0701 e. The summed E-state index contributed by atoms with van der Waals surface area (Å²) in [5.41, 5.74) is 0. The van der Waals surface area contributed by atoms with Crippen LogP contribution in [0.25, 0.3) is 0 Å². The van der Waals surface area contributed by atoms with Crippen LogP contribution in [0.3, 0.4) is 0 Å². The van der Waals surface area contributed by atoms with Gasteiger partial charge in [0.1, 0.15) is 0 Å². The lowest BCUT2D eigenvalue weighted by atomic mass is 10.0. The van der Waals surface area contributed by atoms with Crippen molar-refractivity contribution >= 4 is 0 Å². The van der Waals surface area contributed by atoms with Gasteiger partial charge in [-0.2, -0.15) is 0 Å². The highest BCUT2D eigenvalue weighted by Gasteiger charge is 1.97. The topological polar surface area (TPSA) is 73.8 Å². The van der Waals surface area contributed by atoms with Gasteiger partial charge in [-0.3, -0.25) is 0 Å². The molecule has 0 fully saturated rings. The molecular weight excluding hydrogens is 536 g/mol. The van der Waals surface area contributed by atoms with Crippen molar-refractivity contribution in [3.63, 3.8) is 0 Å². The van der Waals surface area contributed by atoms with E-state index < -0.39 is 0 Å². The van der Waals surface area contributed by atoms with E-state index in [9.17, 15) is 0 Å². The van der Waals surface area contributed by atoms with Crippen molar-refractivity contribution in [2.75, 3.05) is 106 Å². The molecule has 0 rings (SSSR count). The normalized spacial score (nSPS) is 11.6. The minimum Gasteiger partial charge on any atom is -0.379 e. The summed E-state index contributed by atoms with van der Waals surface area (Å²) in [6.45, 7) is 14.4. The fourth-order valence-electron chi connectivity index (χ4n) is 4.32. The maximum atomic E-state index is 5.67. The average molecular weight is 607 g/mol. The van der Waals surface area contributed by atoms with E-state index in [0.29, 0.717) is 92.5 Å². The Hall–Kier alpha value is -0.320. The molecule has 0 aliphatic rings. The Morgan fingerprint density at radius 3 is 0.619 bits per heavy atom. The molecule has 42 heavy (non-hydrogen) atoms. The van der Waals surface area contributed by atoms with E-state index in [4.69, 9.17) is 37.9 Å². The molecule has 0 aromatic carbocycles. The third kappa shape index (κ3) is 39.7. The number of unbranched alkanes of at least 4 members (excludes halogenated alkanes) is 14. The van der Waals surface area contributed by atoms with Crippen LogP contribution in [0, 0.1) is 0 Å². The molecule has 254 valence electrons. The summed E-state index contributed by atoms with van der Waals surface area (Å²) in [5, 5.41) is 0. The van der Waals surface area contributed by atoms with Gasteiger partial charge in [0, 0.05) is 13.2 Å². The van der Waals surface area contributed by atoms with Gasteiger partial charge in [-0.05, 0) is 12.8 Å². The van der Waals surface area contributed by atoms with Crippen LogP contribution in [0.15, 0.2) is 0 Å². The summed E-state index contributed by atoms with van der Waals surface area (Å²) < 4.78 is 44.2. The molecule has 0 atom stereocenters. The molecule has 0 radical (unpaired) electrons. The summed E-state index contributed by atoms with van der Waals surface area (Å²) >= 11 is 0. The Balaban J connectivity index is 3.02. The molecule has 0 amide bonds. The van der Waals surface area contributed by atoms with E-state index in [-0.39, 0.29) is 0 Å². The first-order valence-electron chi connectivity index (χ1n) is 17.5. The number of hydrogen-bond donors (Lipinski definition) is 0. The second-order valence-corrected chi connectivity index (χ2v) is 10.8. The van der Waals surface area contributed by atoms with Crippen LogP contribution in [0.5, 0.6) is 0 Å². The molecule has 0 saturated carbocycles. The van der Waals surface area contributed by atoms with Crippen LogP contribution in [-0.4, -0.2) is 106 Å². The molecule has 8 nitrogen and oxygen atoms in total. The van der Waals surface area contributed by atoms with E-state index in [2.05, 4.69) is 13.8 Å². The number of rotatable bonds is 39. The van der Waals surface area contributed by atoms with E-state index in [0.717, 1.165) is 26.1 Å². The third-order valence-corrected chi connectivity index (χ3v) is 6.89. The number of ether oxygens (including phenoxy) is 8. The standard InChI is InChI=1S/C34H70O8/c1-3-5-7-8-9-10-11-12-13-14-15-16-18-20-36-22-24-38-26-28-40-30-32-42-34-33-41-31-29-39-27-25-37-23-21-35-19-17-6-4-2/h3-34H2,1-2H3. The second-order valence-electron chi connectivity index (χ2n) is 10.8. The fraction of sp³-hybridized carbons (Fsp3) is 1.00. The molecule has 0 aromatic rings. The summed E-state index contributed by atoms with van der Waals surface area (Å²) in [4.78, 5) is 0. The second kappa shape index (κ2) is 40.7. The van der Waals surface area contributed by atoms with Crippen molar-refractivity contribution in [3.05, 3.63) is 0 Å². The van der Waals surface area contributed by atoms with Crippen molar-refractivity contribution in [1.29, 1.82) is 0 Å². The highest BCUT2D eigenvalue weighted by molar-refractivity contribution is 4.49. The molecule has 0 spiro atoms. The predicted molar refractivity (Wildman–Crippen MR) is 172 cm³/mol. The average Bonchev–Trinajstić information content (AvgIpc) is 3.00. The van der Waals surface area contributed by atoms with Crippen molar-refractivity contribution < 1.29 is 37.9 Å². The maximum Gasteiger partial charge on any atom is 0.0701 e. The van der Waals surface area contributed by atoms with Gasteiger partial charge in [0.2, 0.25) is 0 Å². The molecule has 0 aliphatic heterocycles. The Bertz CT molecular complexity index is 415. The van der Waals surface area contributed by atoms with Crippen LogP contribution in [-0.2, 0) is 37.9 Å². The highest BCUT2D eigenvalue weighted by Crippen LogP contribution is 2.12. The zero-order valence-electron chi connectivity index (χ0n) is 27.9. The molecule has 0 N–H and O–H groups in total. The maximum absolute atomic E-state index is 5.67. The Morgan fingerprint density at radius 2 is 0.357 bits per heavy atom. The number of hydrogen-bond acceptors (Lipinski definition) is 8. The van der Waals surface area contributed by atoms with Crippen molar-refractivity contribution in [2.45, 2.75) is 117 Å². The Kier molecular flexibility index (Phi) is 40.4. The van der Waals surface area contributed by atoms with Crippen molar-refractivity contribution in [2.24, 2.45) is 0 Å². The lowest BCUT2D eigenvalue weighted by molar-refractivity contribution is -0.0232. The molecular formula is C34H70O8. The van der Waals surface area contributed by atoms with Crippen LogP contribution in [0.4, 0.5) is 0 Å². The predicted octanol–water partition coefficient (Wildman–Crippen LogP) is 7.40. The van der Waals surface area contributed by atoms with Crippen LogP contribution >= 0.6 is 0 Å². The van der Waals surface area contributed by atoms with Gasteiger partial charge in [-0.15, -0.1) is 0 Å². The van der Waals surface area contributed by atoms with Crippen LogP contribution in [0.1, 0.15) is 117 Å². The van der Waals surface area contributed by atoms with E-state index in [1.54, 1.807) is 0 Å². The van der Waals surface area contributed by atoms with Crippen molar-refractivity contribution in [1.82, 2.24) is 0 Å². The minimum atomic E-state index is 0.553. The SMILES string of the molecule is CCCCCCCCCCCCCCCOCCOCCOCCOCCOCCOCCOCCOCCCCC. The quantitative estimate of drug-likeness (QED) is 0.0670. The summed E-state index contributed by atoms with van der Waals surface area (Å²) in [6, 6.07) is 0. The van der Waals surface area contributed by atoms with Crippen molar-refractivity contribution in [3.8, 4) is 0 Å². The monoisotopic (exact) mass is 607 g/mol. The zero-order chi connectivity index (χ0) is 30.3. The van der Waals surface area contributed by atoms with E-state index >= 15 is 0 Å². The lowest BCUT2D eigenvalue weighted by Crippen LogP contribution is -2.15. The van der Waals surface area contributed by atoms with Gasteiger partial charge in [0.25, 0.3) is 0 Å². The van der Waals surface area contributed by atoms with E-state index in [1.807, 2.05) is 0 Å². The molecule has 0 heterocycles. The fourth-order valence-corrected chi connectivity index (χ4v) is 4.32. The van der Waals surface area contributed by atoms with Gasteiger partial charge in [-0.25, -0.2) is 0 Å². The molecule has 0 aromatic heterocycles. The summed E-state index contributed by atoms with van der Waals surface area (Å²) in [6.07, 6.45) is 21.4. The van der Waals surface area contributed by atoms with Crippen LogP contribution in [0.2, 0.25) is 0 Å². The highest BCUT2D eigenvalue weighted by atomic mass is 16.6. The summed E-state index contributed by atoms with van der Waals surface area (Å²) in [5.74, 6) is 0. The Labute approximate surface area is 260 Å². The van der Waals surface area contributed by atoms with Gasteiger partial charge in [-0.1, -0.05) is 104 Å². The largest absolute Gasteiger partial charge is 0.379 e. The molecule has 0 unspecified atom stereocenters. The van der Waals surface area contributed by atoms with Gasteiger partial charge in [0.15, 0.2) is 0 Å². The third-order valence-electron chi connectivity index (χ3n) is 6.89. The molecule has 0 saturated heterocycles. The van der Waals surface area contributed by atoms with Crippen LogP contribution < -0.4 is 0 Å². The first-order valence-corrected chi connectivity index (χ1v) is 17.5. The molecule has 8 heteroatoms. The Morgan fingerprint density at radius 1 is 0.190 bits per heavy atom. The van der Waals surface area contributed by atoms with Gasteiger partial charge < -0.3 is 37.9 Å². The van der Waals surface area contributed by atoms with E-state index in [1.165, 1.54) is 89.9 Å². The molecule has 0 aliphatic carbocycles.